The van der Waals surface area contributed by atoms with E-state index in [1.807, 2.05) is 26.0 Å². The third kappa shape index (κ3) is 4.67. The number of rotatable bonds is 6. The highest BCUT2D eigenvalue weighted by Crippen LogP contribution is 2.32. The molecule has 1 aliphatic heterocycles. The van der Waals surface area contributed by atoms with Crippen LogP contribution in [-0.2, 0) is 12.0 Å². The van der Waals surface area contributed by atoms with Gasteiger partial charge in [-0.15, -0.1) is 0 Å². The number of nitrogens with zero attached hydrogens (tertiary/aromatic N) is 3. The summed E-state index contributed by atoms with van der Waals surface area (Å²) in [5.41, 5.74) is 3.17. The lowest BCUT2D eigenvalue weighted by Crippen LogP contribution is -2.22. The van der Waals surface area contributed by atoms with Crippen LogP contribution in [0, 0.1) is 5.82 Å². The number of anilines is 1. The highest BCUT2D eigenvalue weighted by molar-refractivity contribution is 5.99. The molecule has 3 aromatic rings. The Morgan fingerprint density at radius 1 is 1.18 bits per heavy atom. The summed E-state index contributed by atoms with van der Waals surface area (Å²) in [6, 6.07) is 10.1. The number of hydrogen-bond donors (Lipinski definition) is 1. The third-order valence-electron chi connectivity index (χ3n) is 5.85. The molecule has 0 radical (unpaired) electrons. The van der Waals surface area contributed by atoms with Gasteiger partial charge in [0.15, 0.2) is 11.6 Å². The molecule has 4 rings (SSSR count). The van der Waals surface area contributed by atoms with Crippen molar-refractivity contribution in [2.75, 3.05) is 11.9 Å². The fourth-order valence-electron chi connectivity index (χ4n) is 3.83. The predicted molar refractivity (Wildman–Crippen MR) is 126 cm³/mol. The van der Waals surface area contributed by atoms with Gasteiger partial charge in [0.1, 0.15) is 11.6 Å². The maximum Gasteiger partial charge on any atom is 0.254 e. The second-order valence-electron chi connectivity index (χ2n) is 9.29. The molecule has 2 aromatic heterocycles. The van der Waals surface area contributed by atoms with E-state index >= 15 is 0 Å². The summed E-state index contributed by atoms with van der Waals surface area (Å²) in [4.78, 5) is 23.1. The lowest BCUT2D eigenvalue weighted by molar-refractivity contribution is 0.0787. The Morgan fingerprint density at radius 2 is 1.97 bits per heavy atom. The van der Waals surface area contributed by atoms with E-state index in [-0.39, 0.29) is 23.1 Å². The van der Waals surface area contributed by atoms with Gasteiger partial charge in [0.25, 0.3) is 5.91 Å². The van der Waals surface area contributed by atoms with Gasteiger partial charge < -0.3 is 15.0 Å². The molecular weight excluding hydrogens is 419 g/mol. The summed E-state index contributed by atoms with van der Waals surface area (Å²) in [7, 11) is 0. The van der Waals surface area contributed by atoms with E-state index in [2.05, 4.69) is 36.1 Å². The van der Waals surface area contributed by atoms with E-state index in [9.17, 15) is 9.18 Å². The molecule has 1 atom stereocenters. The molecule has 7 heteroatoms. The zero-order valence-electron chi connectivity index (χ0n) is 19.6. The second-order valence-corrected chi connectivity index (χ2v) is 9.29. The van der Waals surface area contributed by atoms with Crippen molar-refractivity contribution in [2.45, 2.75) is 52.6 Å². The summed E-state index contributed by atoms with van der Waals surface area (Å²) in [6.45, 7) is 11.3. The number of fused-ring (bicyclic) bond motifs is 1. The van der Waals surface area contributed by atoms with Crippen LogP contribution in [0.1, 0.15) is 67.8 Å². The molecule has 0 saturated heterocycles. The second kappa shape index (κ2) is 8.81. The number of ether oxygens (including phenoxy) is 1. The van der Waals surface area contributed by atoms with Gasteiger partial charge in [-0.2, -0.15) is 0 Å². The molecule has 0 fully saturated rings. The van der Waals surface area contributed by atoms with E-state index in [4.69, 9.17) is 4.74 Å². The first-order valence-corrected chi connectivity index (χ1v) is 11.1. The van der Waals surface area contributed by atoms with Crippen LogP contribution in [0.3, 0.4) is 0 Å². The van der Waals surface area contributed by atoms with Crippen molar-refractivity contribution in [3.8, 4) is 11.5 Å². The Morgan fingerprint density at radius 3 is 2.61 bits per heavy atom. The highest BCUT2D eigenvalue weighted by Gasteiger charge is 2.29. The van der Waals surface area contributed by atoms with Crippen molar-refractivity contribution in [1.29, 1.82) is 0 Å². The van der Waals surface area contributed by atoms with Gasteiger partial charge in [-0.1, -0.05) is 26.8 Å². The van der Waals surface area contributed by atoms with Crippen LogP contribution in [0.25, 0.3) is 0 Å². The maximum absolute atomic E-state index is 14.8. The Hall–Kier alpha value is -3.48. The van der Waals surface area contributed by atoms with Gasteiger partial charge in [-0.3, -0.25) is 9.78 Å². The van der Waals surface area contributed by atoms with Gasteiger partial charge in [0.2, 0.25) is 0 Å². The standard InChI is InChI=1S/C26H29FN4O2/c1-6-31-15-20-19(25(31)32)11-12-28-24(20)30-16(2)17-7-9-22(21(27)13-17)33-18-8-10-23(29-14-18)26(3,4)5/h7-14,16H,6,15H2,1-5H3,(H,28,30)/t16-/m0/s1. The molecule has 0 saturated carbocycles. The molecule has 33 heavy (non-hydrogen) atoms. The number of nitrogens with one attached hydrogen (secondary N) is 1. The zero-order chi connectivity index (χ0) is 23.8. The largest absolute Gasteiger partial charge is 0.453 e. The fraction of sp³-hybridized carbons (Fsp3) is 0.346. The number of amides is 1. The molecule has 1 amide bonds. The van der Waals surface area contributed by atoms with Crippen LogP contribution in [0.5, 0.6) is 11.5 Å². The molecule has 6 nitrogen and oxygen atoms in total. The number of halogens is 1. The summed E-state index contributed by atoms with van der Waals surface area (Å²) >= 11 is 0. The summed E-state index contributed by atoms with van der Waals surface area (Å²) < 4.78 is 20.5. The summed E-state index contributed by atoms with van der Waals surface area (Å²) in [5, 5.41) is 3.33. The average Bonchev–Trinajstić information content (AvgIpc) is 3.11. The Balaban J connectivity index is 1.48. The number of aromatic nitrogens is 2. The Labute approximate surface area is 193 Å². The minimum absolute atomic E-state index is 0.0168. The predicted octanol–water partition coefficient (Wildman–Crippen LogP) is 5.85. The lowest BCUT2D eigenvalue weighted by Gasteiger charge is -2.19. The molecule has 0 unspecified atom stereocenters. The topological polar surface area (TPSA) is 67.3 Å². The number of carbonyl (C=O) groups excluding carboxylic acids is 1. The van der Waals surface area contributed by atoms with Crippen LogP contribution in [-0.4, -0.2) is 27.3 Å². The average molecular weight is 449 g/mol. The Bertz CT molecular complexity index is 1170. The van der Waals surface area contributed by atoms with Gasteiger partial charge in [-0.05, 0) is 49.7 Å². The molecule has 0 aliphatic carbocycles. The number of hydrogen-bond acceptors (Lipinski definition) is 5. The van der Waals surface area contributed by atoms with Crippen LogP contribution in [0.4, 0.5) is 10.2 Å². The molecule has 3 heterocycles. The first-order chi connectivity index (χ1) is 15.7. The number of pyridine rings is 2. The highest BCUT2D eigenvalue weighted by atomic mass is 19.1. The molecule has 0 spiro atoms. The van der Waals surface area contributed by atoms with Crippen LogP contribution in [0.2, 0.25) is 0 Å². The quantitative estimate of drug-likeness (QED) is 0.512. The van der Waals surface area contributed by atoms with E-state index in [1.165, 1.54) is 6.07 Å². The van der Waals surface area contributed by atoms with Gasteiger partial charge in [0.05, 0.1) is 18.8 Å². The van der Waals surface area contributed by atoms with Gasteiger partial charge in [0, 0.05) is 35.0 Å². The minimum Gasteiger partial charge on any atom is -0.453 e. The fourth-order valence-corrected chi connectivity index (χ4v) is 3.83. The van der Waals surface area contributed by atoms with Crippen LogP contribution < -0.4 is 10.1 Å². The van der Waals surface area contributed by atoms with Crippen molar-refractivity contribution in [2.24, 2.45) is 0 Å². The van der Waals surface area contributed by atoms with Crippen molar-refractivity contribution in [3.05, 3.63) is 77.0 Å². The van der Waals surface area contributed by atoms with Crippen molar-refractivity contribution in [1.82, 2.24) is 14.9 Å². The summed E-state index contributed by atoms with van der Waals surface area (Å²) in [6.07, 6.45) is 3.24. The van der Waals surface area contributed by atoms with E-state index in [1.54, 1.807) is 35.5 Å². The van der Waals surface area contributed by atoms with Crippen molar-refractivity contribution in [3.63, 3.8) is 0 Å². The smallest absolute Gasteiger partial charge is 0.254 e. The molecule has 0 bridgehead atoms. The third-order valence-corrected chi connectivity index (χ3v) is 5.85. The van der Waals surface area contributed by atoms with E-state index in [0.29, 0.717) is 30.2 Å². The van der Waals surface area contributed by atoms with Gasteiger partial charge >= 0.3 is 0 Å². The van der Waals surface area contributed by atoms with E-state index < -0.39 is 5.82 Å². The Kier molecular flexibility index (Phi) is 6.06. The molecule has 172 valence electrons. The van der Waals surface area contributed by atoms with Crippen LogP contribution in [0.15, 0.2) is 48.8 Å². The molecule has 1 aliphatic rings. The minimum atomic E-state index is -0.459. The number of carbonyl (C=O) groups is 1. The van der Waals surface area contributed by atoms with Crippen molar-refractivity contribution < 1.29 is 13.9 Å². The van der Waals surface area contributed by atoms with Gasteiger partial charge in [-0.25, -0.2) is 9.37 Å². The molecule has 1 N–H and O–H groups in total. The van der Waals surface area contributed by atoms with E-state index in [0.717, 1.165) is 16.8 Å². The summed E-state index contributed by atoms with van der Waals surface area (Å²) in [5.74, 6) is 0.826. The molecule has 1 aromatic carbocycles. The molecular formula is C26H29FN4O2. The maximum atomic E-state index is 14.8. The zero-order valence-corrected chi connectivity index (χ0v) is 19.6. The van der Waals surface area contributed by atoms with Crippen LogP contribution >= 0.6 is 0 Å². The monoisotopic (exact) mass is 448 g/mol. The lowest BCUT2D eigenvalue weighted by atomic mass is 9.92. The normalized spacial score (nSPS) is 14.2. The SMILES string of the molecule is CCN1Cc2c(ccnc2N[C@@H](C)c2ccc(Oc3ccc(C(C)(C)C)nc3)c(F)c2)C1=O. The first-order valence-electron chi connectivity index (χ1n) is 11.1. The number of benzene rings is 1. The van der Waals surface area contributed by atoms with Crippen molar-refractivity contribution >= 4 is 11.7 Å². The first kappa shape index (κ1) is 22.7.